The molecular formula is C10H10ClN3O3. The smallest absolute Gasteiger partial charge is 0.311 e. The molecule has 1 saturated heterocycles. The number of esters is 1. The molecule has 6 nitrogen and oxygen atoms in total. The lowest BCUT2D eigenvalue weighted by atomic mass is 10.1. The number of rotatable bonds is 2. The Morgan fingerprint density at radius 1 is 1.53 bits per heavy atom. The number of carbonyl (C=O) groups is 2. The molecular weight excluding hydrogens is 246 g/mol. The number of anilines is 1. The van der Waals surface area contributed by atoms with Crippen LogP contribution in [-0.4, -0.2) is 35.5 Å². The van der Waals surface area contributed by atoms with E-state index in [0.29, 0.717) is 5.69 Å². The molecule has 0 aromatic carbocycles. The van der Waals surface area contributed by atoms with Gasteiger partial charge in [0, 0.05) is 13.0 Å². The van der Waals surface area contributed by atoms with E-state index in [2.05, 4.69) is 14.7 Å². The van der Waals surface area contributed by atoms with Crippen LogP contribution in [0.1, 0.15) is 6.42 Å². The van der Waals surface area contributed by atoms with Gasteiger partial charge in [0.1, 0.15) is 0 Å². The van der Waals surface area contributed by atoms with Crippen molar-refractivity contribution in [2.75, 3.05) is 18.6 Å². The van der Waals surface area contributed by atoms with Gasteiger partial charge in [0.25, 0.3) is 0 Å². The molecule has 0 bridgehead atoms. The second-order valence-corrected chi connectivity index (χ2v) is 3.98. The van der Waals surface area contributed by atoms with Crippen molar-refractivity contribution in [2.24, 2.45) is 5.92 Å². The maximum Gasteiger partial charge on any atom is 0.311 e. The third kappa shape index (κ3) is 2.36. The first kappa shape index (κ1) is 11.8. The first-order chi connectivity index (χ1) is 8.11. The average molecular weight is 256 g/mol. The Morgan fingerprint density at radius 2 is 2.18 bits per heavy atom. The van der Waals surface area contributed by atoms with Crippen LogP contribution in [0.4, 0.5) is 5.69 Å². The largest absolute Gasteiger partial charge is 0.469 e. The standard InChI is InChI=1S/C10H10ClN3O3/c1-17-9(16)6-2-8(15)14(5-6)7-3-12-10(11)13-4-7/h3-4,6H,2,5H2,1H3. The summed E-state index contributed by atoms with van der Waals surface area (Å²) >= 11 is 5.56. The molecule has 0 saturated carbocycles. The number of ether oxygens (including phenoxy) is 1. The average Bonchev–Trinajstić information content (AvgIpc) is 2.71. The SMILES string of the molecule is COC(=O)C1CC(=O)N(c2cnc(Cl)nc2)C1. The number of amides is 1. The molecule has 2 rings (SSSR count). The summed E-state index contributed by atoms with van der Waals surface area (Å²) in [4.78, 5) is 32.1. The van der Waals surface area contributed by atoms with Crippen LogP contribution in [0.15, 0.2) is 12.4 Å². The molecule has 0 N–H and O–H groups in total. The fourth-order valence-corrected chi connectivity index (χ4v) is 1.82. The van der Waals surface area contributed by atoms with E-state index in [9.17, 15) is 9.59 Å². The highest BCUT2D eigenvalue weighted by molar-refractivity contribution is 6.28. The molecule has 1 aromatic heterocycles. The van der Waals surface area contributed by atoms with Crippen molar-refractivity contribution in [3.8, 4) is 0 Å². The van der Waals surface area contributed by atoms with Crippen LogP contribution in [0.25, 0.3) is 0 Å². The van der Waals surface area contributed by atoms with E-state index in [1.807, 2.05) is 0 Å². The molecule has 1 fully saturated rings. The van der Waals surface area contributed by atoms with E-state index in [-0.39, 0.29) is 30.1 Å². The summed E-state index contributed by atoms with van der Waals surface area (Å²) in [6.07, 6.45) is 3.05. The summed E-state index contributed by atoms with van der Waals surface area (Å²) in [6, 6.07) is 0. The molecule has 1 atom stereocenters. The van der Waals surface area contributed by atoms with Crippen LogP contribution in [0.2, 0.25) is 5.28 Å². The number of carbonyl (C=O) groups excluding carboxylic acids is 2. The van der Waals surface area contributed by atoms with Gasteiger partial charge in [-0.05, 0) is 11.6 Å². The third-order valence-electron chi connectivity index (χ3n) is 2.58. The van der Waals surface area contributed by atoms with E-state index < -0.39 is 5.92 Å². The minimum absolute atomic E-state index is 0.116. The number of hydrogen-bond acceptors (Lipinski definition) is 5. The van der Waals surface area contributed by atoms with Crippen molar-refractivity contribution < 1.29 is 14.3 Å². The zero-order valence-electron chi connectivity index (χ0n) is 9.09. The lowest BCUT2D eigenvalue weighted by molar-refractivity contribution is -0.145. The minimum atomic E-state index is -0.428. The Bertz CT molecular complexity index is 449. The first-order valence-corrected chi connectivity index (χ1v) is 5.35. The van der Waals surface area contributed by atoms with Crippen LogP contribution >= 0.6 is 11.6 Å². The van der Waals surface area contributed by atoms with Gasteiger partial charge in [-0.15, -0.1) is 0 Å². The van der Waals surface area contributed by atoms with Crippen LogP contribution < -0.4 is 4.90 Å². The van der Waals surface area contributed by atoms with Gasteiger partial charge in [0.15, 0.2) is 0 Å². The molecule has 0 radical (unpaired) electrons. The summed E-state index contributed by atoms with van der Waals surface area (Å²) < 4.78 is 4.62. The third-order valence-corrected chi connectivity index (χ3v) is 2.77. The summed E-state index contributed by atoms with van der Waals surface area (Å²) in [5, 5.41) is 0.116. The Hall–Kier alpha value is -1.69. The van der Waals surface area contributed by atoms with Gasteiger partial charge in [0.2, 0.25) is 11.2 Å². The molecule has 0 aliphatic carbocycles. The van der Waals surface area contributed by atoms with Crippen molar-refractivity contribution >= 4 is 29.2 Å². The molecule has 1 unspecified atom stereocenters. The molecule has 1 aliphatic rings. The summed E-state index contributed by atoms with van der Waals surface area (Å²) in [7, 11) is 1.31. The Labute approximate surface area is 103 Å². The summed E-state index contributed by atoms with van der Waals surface area (Å²) in [5.41, 5.74) is 0.533. The van der Waals surface area contributed by atoms with Gasteiger partial charge in [0.05, 0.1) is 31.1 Å². The van der Waals surface area contributed by atoms with E-state index in [4.69, 9.17) is 11.6 Å². The molecule has 17 heavy (non-hydrogen) atoms. The number of nitrogens with zero attached hydrogens (tertiary/aromatic N) is 3. The van der Waals surface area contributed by atoms with Crippen LogP contribution in [0.5, 0.6) is 0 Å². The van der Waals surface area contributed by atoms with Gasteiger partial charge in [-0.1, -0.05) is 0 Å². The molecule has 90 valence electrons. The van der Waals surface area contributed by atoms with Crippen LogP contribution in [0.3, 0.4) is 0 Å². The van der Waals surface area contributed by atoms with Crippen LogP contribution in [-0.2, 0) is 14.3 Å². The molecule has 1 amide bonds. The monoisotopic (exact) mass is 255 g/mol. The highest BCUT2D eigenvalue weighted by Crippen LogP contribution is 2.24. The quantitative estimate of drug-likeness (QED) is 0.573. The summed E-state index contributed by atoms with van der Waals surface area (Å²) in [6.45, 7) is 0.288. The molecule has 7 heteroatoms. The van der Waals surface area contributed by atoms with Gasteiger partial charge >= 0.3 is 5.97 Å². The zero-order valence-corrected chi connectivity index (χ0v) is 9.85. The molecule has 2 heterocycles. The maximum absolute atomic E-state index is 11.7. The van der Waals surface area contributed by atoms with Crippen molar-refractivity contribution in [2.45, 2.75) is 6.42 Å². The Kier molecular flexibility index (Phi) is 3.23. The number of methoxy groups -OCH3 is 1. The highest BCUT2D eigenvalue weighted by atomic mass is 35.5. The van der Waals surface area contributed by atoms with E-state index in [1.165, 1.54) is 24.4 Å². The lowest BCUT2D eigenvalue weighted by Gasteiger charge is -2.15. The number of halogens is 1. The van der Waals surface area contributed by atoms with Gasteiger partial charge in [-0.25, -0.2) is 9.97 Å². The van der Waals surface area contributed by atoms with Gasteiger partial charge in [-0.3, -0.25) is 9.59 Å². The Morgan fingerprint density at radius 3 is 2.76 bits per heavy atom. The van der Waals surface area contributed by atoms with Crippen molar-refractivity contribution in [1.82, 2.24) is 9.97 Å². The van der Waals surface area contributed by atoms with Crippen molar-refractivity contribution in [1.29, 1.82) is 0 Å². The minimum Gasteiger partial charge on any atom is -0.469 e. The highest BCUT2D eigenvalue weighted by Gasteiger charge is 2.36. The predicted octanol–water partition coefficient (Wildman–Crippen LogP) is 0.656. The van der Waals surface area contributed by atoms with E-state index >= 15 is 0 Å². The van der Waals surface area contributed by atoms with E-state index in [0.717, 1.165) is 0 Å². The first-order valence-electron chi connectivity index (χ1n) is 4.97. The van der Waals surface area contributed by atoms with Gasteiger partial charge in [-0.2, -0.15) is 0 Å². The van der Waals surface area contributed by atoms with Crippen molar-refractivity contribution in [3.05, 3.63) is 17.7 Å². The normalized spacial score (nSPS) is 19.5. The topological polar surface area (TPSA) is 72.4 Å². The molecule has 1 aliphatic heterocycles. The van der Waals surface area contributed by atoms with Crippen molar-refractivity contribution in [3.63, 3.8) is 0 Å². The molecule has 1 aromatic rings. The number of aromatic nitrogens is 2. The maximum atomic E-state index is 11.7. The Balaban J connectivity index is 2.15. The molecule has 0 spiro atoms. The fraction of sp³-hybridized carbons (Fsp3) is 0.400. The summed E-state index contributed by atoms with van der Waals surface area (Å²) in [5.74, 6) is -0.953. The fourth-order valence-electron chi connectivity index (χ4n) is 1.73. The predicted molar refractivity (Wildman–Crippen MR) is 59.5 cm³/mol. The lowest BCUT2D eigenvalue weighted by Crippen LogP contribution is -2.26. The number of hydrogen-bond donors (Lipinski definition) is 0. The van der Waals surface area contributed by atoms with Crippen LogP contribution in [0, 0.1) is 5.92 Å². The van der Waals surface area contributed by atoms with E-state index in [1.54, 1.807) is 0 Å². The zero-order chi connectivity index (χ0) is 12.4. The second kappa shape index (κ2) is 4.67. The van der Waals surface area contributed by atoms with Gasteiger partial charge < -0.3 is 9.64 Å². The second-order valence-electron chi connectivity index (χ2n) is 3.64.